The molecule has 24 heavy (non-hydrogen) atoms. The molecule has 1 heterocycles. The monoisotopic (exact) mass is 346 g/mol. The second kappa shape index (κ2) is 7.22. The average Bonchev–Trinajstić information content (AvgIpc) is 2.51. The first kappa shape index (κ1) is 17.6. The second-order valence-electron chi connectivity index (χ2n) is 5.53. The minimum Gasteiger partial charge on any atom is -0.378 e. The average molecular weight is 346 g/mol. The Morgan fingerprint density at radius 3 is 2.33 bits per heavy atom. The predicted molar refractivity (Wildman–Crippen MR) is 98.0 cm³/mol. The first-order chi connectivity index (χ1) is 11.3. The molecule has 1 aliphatic carbocycles. The Hall–Kier alpha value is -2.74. The summed E-state index contributed by atoms with van der Waals surface area (Å²) in [7, 11) is 8.24. The third-order valence-corrected chi connectivity index (χ3v) is 4.47. The van der Waals surface area contributed by atoms with E-state index >= 15 is 0 Å². The number of anilines is 1. The number of hydrogen-bond donors (Lipinski definition) is 0. The molecule has 1 aromatic carbocycles. The molecule has 0 radical (unpaired) electrons. The minimum absolute atomic E-state index is 1.06. The van der Waals surface area contributed by atoms with Gasteiger partial charge in [-0.1, -0.05) is 0 Å². The van der Waals surface area contributed by atoms with E-state index in [4.69, 9.17) is 20.3 Å². The maximum atomic E-state index is 8.25. The van der Waals surface area contributed by atoms with Crippen molar-refractivity contribution < 1.29 is 5.09 Å². The Kier molecular flexibility index (Phi) is 5.30. The van der Waals surface area contributed by atoms with Crippen molar-refractivity contribution in [3.8, 4) is 10.6 Å². The molecule has 3 rings (SSSR count). The van der Waals surface area contributed by atoms with Gasteiger partial charge in [-0.2, -0.15) is 0 Å². The normalized spacial score (nSPS) is 10.2. The lowest BCUT2D eigenvalue weighted by Crippen LogP contribution is -2.21. The molecule has 0 spiro atoms. The van der Waals surface area contributed by atoms with E-state index in [9.17, 15) is 0 Å². The Morgan fingerprint density at radius 1 is 1.08 bits per heavy atom. The molecule has 0 unspecified atom stereocenters. The van der Waals surface area contributed by atoms with Gasteiger partial charge in [-0.15, -0.1) is 11.3 Å². The van der Waals surface area contributed by atoms with E-state index in [0.29, 0.717) is 0 Å². The largest absolute Gasteiger partial charge is 0.378 e. The van der Waals surface area contributed by atoms with E-state index in [1.165, 1.54) is 20.6 Å². The topological polar surface area (TPSA) is 85.3 Å². The molecule has 1 aliphatic heterocycles. The smallest absolute Gasteiger partial charge is 0.201 e. The van der Waals surface area contributed by atoms with Crippen molar-refractivity contribution >= 4 is 27.2 Å². The van der Waals surface area contributed by atoms with Crippen molar-refractivity contribution in [1.29, 1.82) is 0 Å². The van der Waals surface area contributed by atoms with Gasteiger partial charge in [0.15, 0.2) is 0 Å². The highest BCUT2D eigenvalue weighted by atomic mass is 32.1. The summed E-state index contributed by atoms with van der Waals surface area (Å²) in [5, 5.41) is 16.0. The van der Waals surface area contributed by atoms with Crippen LogP contribution in [0.2, 0.25) is 0 Å². The zero-order valence-electron chi connectivity index (χ0n) is 13.9. The van der Waals surface area contributed by atoms with Crippen LogP contribution >= 0.6 is 11.3 Å². The fourth-order valence-corrected chi connectivity index (χ4v) is 3.19. The first-order valence-corrected chi connectivity index (χ1v) is 7.93. The van der Waals surface area contributed by atoms with Gasteiger partial charge in [0.2, 0.25) is 5.36 Å². The van der Waals surface area contributed by atoms with E-state index < -0.39 is 5.09 Å². The zero-order valence-corrected chi connectivity index (χ0v) is 14.7. The number of hydrogen-bond acceptors (Lipinski definition) is 6. The maximum absolute atomic E-state index is 8.25. The van der Waals surface area contributed by atoms with Gasteiger partial charge in [0.1, 0.15) is 14.1 Å². The van der Waals surface area contributed by atoms with E-state index in [1.807, 2.05) is 0 Å². The van der Waals surface area contributed by atoms with Gasteiger partial charge in [0.05, 0.1) is 25.9 Å². The standard InChI is InChI=1S/C16H18N3S.NO3/c1-18(2)11-5-7-13-15(9-11)20-16-10-12(19(3)4)6-8-14(16)17-13;2-1(3)4/h5-10H,1-4H3;/q+1;-1. The van der Waals surface area contributed by atoms with Gasteiger partial charge < -0.3 is 20.2 Å². The van der Waals surface area contributed by atoms with Crippen molar-refractivity contribution in [2.75, 3.05) is 33.1 Å². The quantitative estimate of drug-likeness (QED) is 0.292. The Bertz CT molecular complexity index is 913. The molecule has 0 bridgehead atoms. The minimum atomic E-state index is -1.75. The lowest BCUT2D eigenvalue weighted by Gasteiger charge is -2.13. The third-order valence-electron chi connectivity index (χ3n) is 3.38. The lowest BCUT2D eigenvalue weighted by molar-refractivity contribution is -0.402. The zero-order chi connectivity index (χ0) is 17.9. The van der Waals surface area contributed by atoms with E-state index in [-0.39, 0.29) is 0 Å². The van der Waals surface area contributed by atoms with Crippen molar-refractivity contribution in [2.24, 2.45) is 0 Å². The van der Waals surface area contributed by atoms with Crippen molar-refractivity contribution in [1.82, 2.24) is 9.56 Å². The number of fused-ring (bicyclic) bond motifs is 2. The van der Waals surface area contributed by atoms with Crippen LogP contribution in [0, 0.1) is 15.3 Å². The summed E-state index contributed by atoms with van der Waals surface area (Å²) in [4.78, 5) is 16.3. The molecule has 0 amide bonds. The van der Waals surface area contributed by atoms with Crippen LogP contribution in [0.4, 0.5) is 5.69 Å². The van der Waals surface area contributed by atoms with Gasteiger partial charge in [-0.05, 0) is 24.3 Å². The fourth-order valence-electron chi connectivity index (χ4n) is 2.16. The SMILES string of the molecule is CN(C)c1ccc2nc3ccc(=[N+](C)C)cc-3sc2c1.O=[N+]([O-])[O-]. The highest BCUT2D eigenvalue weighted by Crippen LogP contribution is 2.31. The van der Waals surface area contributed by atoms with E-state index in [2.05, 4.69) is 74.1 Å². The summed E-state index contributed by atoms with van der Waals surface area (Å²) in [5.74, 6) is 0. The van der Waals surface area contributed by atoms with Crippen LogP contribution in [0.1, 0.15) is 0 Å². The Labute approximate surface area is 143 Å². The summed E-state index contributed by atoms with van der Waals surface area (Å²) in [6, 6.07) is 12.8. The van der Waals surface area contributed by atoms with Crippen LogP contribution in [-0.4, -0.2) is 38.3 Å². The highest BCUT2D eigenvalue weighted by Gasteiger charge is 2.09. The van der Waals surface area contributed by atoms with Gasteiger partial charge in [0, 0.05) is 31.9 Å². The Balaban J connectivity index is 0.000000471. The first-order valence-electron chi connectivity index (χ1n) is 7.12. The third kappa shape index (κ3) is 4.17. The summed E-state index contributed by atoms with van der Waals surface area (Å²) in [6.45, 7) is 0. The molecule has 2 aliphatic rings. The molecule has 0 aromatic heterocycles. The van der Waals surface area contributed by atoms with Crippen molar-refractivity contribution in [2.45, 2.75) is 0 Å². The van der Waals surface area contributed by atoms with Gasteiger partial charge in [-0.3, -0.25) is 0 Å². The van der Waals surface area contributed by atoms with Crippen molar-refractivity contribution in [3.05, 3.63) is 57.1 Å². The number of benzene rings is 2. The number of aromatic nitrogens is 1. The van der Waals surface area contributed by atoms with Crippen LogP contribution in [0.15, 0.2) is 36.4 Å². The molecule has 7 nitrogen and oxygen atoms in total. The van der Waals surface area contributed by atoms with Crippen LogP contribution in [0.5, 0.6) is 0 Å². The molecule has 126 valence electrons. The van der Waals surface area contributed by atoms with Crippen LogP contribution < -0.4 is 14.8 Å². The fraction of sp³-hybridized carbons (Fsp3) is 0.250. The van der Waals surface area contributed by atoms with Crippen LogP contribution in [0.3, 0.4) is 0 Å². The molecule has 8 heteroatoms. The van der Waals surface area contributed by atoms with E-state index in [1.54, 1.807) is 11.3 Å². The number of nitrogens with zero attached hydrogens (tertiary/aromatic N) is 4. The summed E-state index contributed by atoms with van der Waals surface area (Å²) < 4.78 is 3.34. The maximum Gasteiger partial charge on any atom is 0.201 e. The van der Waals surface area contributed by atoms with E-state index in [0.717, 1.165) is 11.2 Å². The molecule has 0 N–H and O–H groups in total. The van der Waals surface area contributed by atoms with Gasteiger partial charge >= 0.3 is 0 Å². The van der Waals surface area contributed by atoms with Crippen LogP contribution in [0.25, 0.3) is 20.8 Å². The summed E-state index contributed by atoms with van der Waals surface area (Å²) in [5.41, 5.74) is 3.33. The predicted octanol–water partition coefficient (Wildman–Crippen LogP) is 2.26. The highest BCUT2D eigenvalue weighted by molar-refractivity contribution is 7.21. The molecule has 1 aromatic rings. The van der Waals surface area contributed by atoms with Crippen molar-refractivity contribution in [3.63, 3.8) is 0 Å². The number of rotatable bonds is 1. The Morgan fingerprint density at radius 2 is 1.75 bits per heavy atom. The summed E-state index contributed by atoms with van der Waals surface area (Å²) >= 11 is 1.80. The van der Waals surface area contributed by atoms with Gasteiger partial charge in [0.25, 0.3) is 0 Å². The van der Waals surface area contributed by atoms with Gasteiger partial charge in [-0.25, -0.2) is 9.56 Å². The molecule has 0 fully saturated rings. The lowest BCUT2D eigenvalue weighted by atomic mass is 10.2. The second-order valence-corrected chi connectivity index (χ2v) is 6.61. The molecule has 0 atom stereocenters. The molecule has 0 saturated carbocycles. The summed E-state index contributed by atoms with van der Waals surface area (Å²) in [6.07, 6.45) is 0. The molecular weight excluding hydrogens is 328 g/mol. The molecule has 0 saturated heterocycles. The van der Waals surface area contributed by atoms with Crippen LogP contribution in [-0.2, 0) is 0 Å². The molecular formula is C16H18N4O3S.